The first kappa shape index (κ1) is 17.7. The number of halogens is 1. The summed E-state index contributed by atoms with van der Waals surface area (Å²) in [5.41, 5.74) is 2.34. The zero-order valence-electron chi connectivity index (χ0n) is 13.9. The Morgan fingerprint density at radius 1 is 1.12 bits per heavy atom. The fourth-order valence-corrected chi connectivity index (χ4v) is 4.70. The van der Waals surface area contributed by atoms with Crippen LogP contribution < -0.4 is 0 Å². The van der Waals surface area contributed by atoms with Gasteiger partial charge in [-0.3, -0.25) is 9.10 Å². The molecule has 0 N–H and O–H groups in total. The van der Waals surface area contributed by atoms with Crippen molar-refractivity contribution in [1.29, 1.82) is 0 Å². The minimum absolute atomic E-state index is 0.173. The van der Waals surface area contributed by atoms with Crippen molar-refractivity contribution in [2.75, 3.05) is 0 Å². The summed E-state index contributed by atoms with van der Waals surface area (Å²) in [5.74, 6) is -0.173. The highest BCUT2D eigenvalue weighted by Crippen LogP contribution is 2.45. The fourth-order valence-electron chi connectivity index (χ4n) is 2.90. The lowest BCUT2D eigenvalue weighted by molar-refractivity contribution is -0.112. The van der Waals surface area contributed by atoms with E-state index >= 15 is 0 Å². The molecular formula is C19H18ClNO3S. The van der Waals surface area contributed by atoms with Gasteiger partial charge < -0.3 is 0 Å². The van der Waals surface area contributed by atoms with Crippen LogP contribution in [-0.4, -0.2) is 18.5 Å². The lowest BCUT2D eigenvalue weighted by atomic mass is 9.94. The Kier molecular flexibility index (Phi) is 4.71. The number of hydrogen-bond acceptors (Lipinski definition) is 3. The van der Waals surface area contributed by atoms with Gasteiger partial charge in [0.2, 0.25) is 0 Å². The zero-order chi connectivity index (χ0) is 18.2. The van der Waals surface area contributed by atoms with E-state index in [-0.39, 0.29) is 16.7 Å². The molecule has 2 aromatic rings. The summed E-state index contributed by atoms with van der Waals surface area (Å²) < 4.78 is 27.6. The van der Waals surface area contributed by atoms with Crippen molar-refractivity contribution in [2.24, 2.45) is 0 Å². The van der Waals surface area contributed by atoms with Gasteiger partial charge >= 0.3 is 0 Å². The van der Waals surface area contributed by atoms with Crippen LogP contribution >= 0.6 is 11.6 Å². The normalized spacial score (nSPS) is 18.9. The van der Waals surface area contributed by atoms with Crippen LogP contribution in [0.15, 0.2) is 65.2 Å². The van der Waals surface area contributed by atoms with Crippen molar-refractivity contribution in [2.45, 2.75) is 31.2 Å². The molecule has 2 aromatic carbocycles. The molecular weight excluding hydrogens is 358 g/mol. The van der Waals surface area contributed by atoms with E-state index < -0.39 is 10.0 Å². The SMILES string of the molecule is CC(=O)/C=C1\CC(c2ccc(Cl)cc2)N1S(=O)(=O)c1ccc(C)cc1. The molecule has 0 aliphatic carbocycles. The molecule has 130 valence electrons. The van der Waals surface area contributed by atoms with Crippen LogP contribution in [-0.2, 0) is 14.8 Å². The first-order valence-electron chi connectivity index (χ1n) is 7.87. The summed E-state index contributed by atoms with van der Waals surface area (Å²) in [6.45, 7) is 3.32. The first-order valence-corrected chi connectivity index (χ1v) is 9.68. The summed E-state index contributed by atoms with van der Waals surface area (Å²) in [4.78, 5) is 11.7. The third-order valence-corrected chi connectivity index (χ3v) is 6.30. The number of rotatable bonds is 4. The predicted molar refractivity (Wildman–Crippen MR) is 97.8 cm³/mol. The van der Waals surface area contributed by atoms with Gasteiger partial charge in [0.25, 0.3) is 10.0 Å². The molecule has 25 heavy (non-hydrogen) atoms. The molecule has 1 unspecified atom stereocenters. The molecule has 1 saturated heterocycles. The van der Waals surface area contributed by atoms with E-state index in [1.54, 1.807) is 36.4 Å². The Balaban J connectivity index is 2.03. The Morgan fingerprint density at radius 3 is 2.28 bits per heavy atom. The van der Waals surface area contributed by atoms with Gasteiger partial charge in [-0.1, -0.05) is 41.4 Å². The van der Waals surface area contributed by atoms with Crippen molar-refractivity contribution in [3.05, 3.63) is 76.5 Å². The number of benzene rings is 2. The van der Waals surface area contributed by atoms with Gasteiger partial charge in [-0.05, 0) is 43.7 Å². The number of ketones is 1. The van der Waals surface area contributed by atoms with E-state index in [2.05, 4.69) is 0 Å². The molecule has 4 nitrogen and oxygen atoms in total. The van der Waals surface area contributed by atoms with Gasteiger partial charge in [0, 0.05) is 23.2 Å². The van der Waals surface area contributed by atoms with Gasteiger partial charge in [-0.2, -0.15) is 0 Å². The van der Waals surface area contributed by atoms with Crippen molar-refractivity contribution in [3.8, 4) is 0 Å². The molecule has 0 radical (unpaired) electrons. The monoisotopic (exact) mass is 375 g/mol. The van der Waals surface area contributed by atoms with Crippen molar-refractivity contribution >= 4 is 27.4 Å². The van der Waals surface area contributed by atoms with E-state index in [4.69, 9.17) is 11.6 Å². The molecule has 0 bridgehead atoms. The van der Waals surface area contributed by atoms with Crippen LogP contribution in [0.2, 0.25) is 5.02 Å². The lowest BCUT2D eigenvalue weighted by Crippen LogP contribution is -2.43. The molecule has 3 rings (SSSR count). The van der Waals surface area contributed by atoms with Gasteiger partial charge in [0.15, 0.2) is 5.78 Å². The second-order valence-corrected chi connectivity index (χ2v) is 8.38. The van der Waals surface area contributed by atoms with Crippen LogP contribution in [0.5, 0.6) is 0 Å². The van der Waals surface area contributed by atoms with Gasteiger partial charge in [-0.25, -0.2) is 8.42 Å². The van der Waals surface area contributed by atoms with Crippen molar-refractivity contribution in [3.63, 3.8) is 0 Å². The molecule has 1 heterocycles. The van der Waals surface area contributed by atoms with Gasteiger partial charge in [-0.15, -0.1) is 0 Å². The molecule has 0 aromatic heterocycles. The van der Waals surface area contributed by atoms with Crippen LogP contribution in [0.4, 0.5) is 0 Å². The van der Waals surface area contributed by atoms with Crippen molar-refractivity contribution < 1.29 is 13.2 Å². The maximum atomic E-state index is 13.1. The number of carbonyl (C=O) groups is 1. The number of hydrogen-bond donors (Lipinski definition) is 0. The quantitative estimate of drug-likeness (QED) is 0.750. The minimum Gasteiger partial charge on any atom is -0.295 e. The average Bonchev–Trinajstić information content (AvgIpc) is 2.52. The summed E-state index contributed by atoms with van der Waals surface area (Å²) in [6, 6.07) is 13.5. The second-order valence-electron chi connectivity index (χ2n) is 6.13. The maximum Gasteiger partial charge on any atom is 0.264 e. The van der Waals surface area contributed by atoms with E-state index in [0.29, 0.717) is 17.1 Å². The first-order chi connectivity index (χ1) is 11.8. The molecule has 1 atom stereocenters. The molecule has 1 aliphatic rings. The smallest absolute Gasteiger partial charge is 0.264 e. The van der Waals surface area contributed by atoms with Gasteiger partial charge in [0.05, 0.1) is 10.9 Å². The Bertz CT molecular complexity index is 932. The molecule has 0 amide bonds. The summed E-state index contributed by atoms with van der Waals surface area (Å²) in [5, 5.41) is 0.593. The Labute approximate surface area is 152 Å². The minimum atomic E-state index is -3.74. The molecule has 6 heteroatoms. The van der Waals surface area contributed by atoms with Crippen LogP contribution in [0, 0.1) is 6.92 Å². The predicted octanol–water partition coefficient (Wildman–Crippen LogP) is 4.26. The molecule has 1 fully saturated rings. The summed E-state index contributed by atoms with van der Waals surface area (Å²) >= 11 is 5.92. The van der Waals surface area contributed by atoms with E-state index in [1.807, 2.05) is 19.1 Å². The highest BCUT2D eigenvalue weighted by Gasteiger charge is 2.42. The number of sulfonamides is 1. The largest absolute Gasteiger partial charge is 0.295 e. The zero-order valence-corrected chi connectivity index (χ0v) is 15.5. The number of carbonyl (C=O) groups excluding carboxylic acids is 1. The Morgan fingerprint density at radius 2 is 1.72 bits per heavy atom. The Hall–Kier alpha value is -2.11. The molecule has 0 spiro atoms. The number of nitrogens with zero attached hydrogens (tertiary/aromatic N) is 1. The van der Waals surface area contributed by atoms with Crippen molar-refractivity contribution in [1.82, 2.24) is 4.31 Å². The summed E-state index contributed by atoms with van der Waals surface area (Å²) in [6.07, 6.45) is 1.88. The number of allylic oxidation sites excluding steroid dienone is 1. The summed E-state index contributed by atoms with van der Waals surface area (Å²) in [7, 11) is -3.74. The highest BCUT2D eigenvalue weighted by atomic mass is 35.5. The molecule has 1 aliphatic heterocycles. The maximum absolute atomic E-state index is 13.1. The second kappa shape index (κ2) is 6.65. The van der Waals surface area contributed by atoms with Gasteiger partial charge in [0.1, 0.15) is 0 Å². The van der Waals surface area contributed by atoms with E-state index in [1.165, 1.54) is 17.3 Å². The molecule has 0 saturated carbocycles. The van der Waals surface area contributed by atoms with E-state index in [0.717, 1.165) is 11.1 Å². The number of aryl methyl sites for hydroxylation is 1. The third kappa shape index (κ3) is 3.48. The van der Waals surface area contributed by atoms with Crippen LogP contribution in [0.1, 0.15) is 30.5 Å². The fraction of sp³-hybridized carbons (Fsp3) is 0.211. The lowest BCUT2D eigenvalue weighted by Gasteiger charge is -2.44. The topological polar surface area (TPSA) is 54.5 Å². The highest BCUT2D eigenvalue weighted by molar-refractivity contribution is 7.89. The van der Waals surface area contributed by atoms with Crippen LogP contribution in [0.25, 0.3) is 0 Å². The van der Waals surface area contributed by atoms with Crippen LogP contribution in [0.3, 0.4) is 0 Å². The van der Waals surface area contributed by atoms with E-state index in [9.17, 15) is 13.2 Å². The average molecular weight is 376 g/mol. The third-order valence-electron chi connectivity index (χ3n) is 4.17. The standard InChI is InChI=1S/C19H18ClNO3S/c1-13-3-9-18(10-4-13)25(23,24)21-17(11-14(2)22)12-19(21)15-5-7-16(20)8-6-15/h3-11,19H,12H2,1-2H3/b17-11+.